The highest BCUT2D eigenvalue weighted by molar-refractivity contribution is 5.40. The average molecular weight is 214 g/mol. The van der Waals surface area contributed by atoms with Gasteiger partial charge in [0.25, 0.3) is 0 Å². The van der Waals surface area contributed by atoms with Crippen LogP contribution in [-0.2, 0) is 0 Å². The van der Waals surface area contributed by atoms with E-state index in [2.05, 4.69) is 0 Å². The Morgan fingerprint density at radius 1 is 1.13 bits per heavy atom. The van der Waals surface area contributed by atoms with Crippen molar-refractivity contribution in [3.63, 3.8) is 0 Å². The first kappa shape index (κ1) is 11.8. The molecule has 2 unspecified atom stereocenters. The van der Waals surface area contributed by atoms with E-state index in [1.165, 1.54) is 12.1 Å². The van der Waals surface area contributed by atoms with Crippen LogP contribution in [0.4, 0.5) is 0 Å². The number of phenolic OH excluding ortho intramolecular Hbond substituents is 2. The summed E-state index contributed by atoms with van der Waals surface area (Å²) in [6.45, 7) is -0.253. The molecule has 0 aliphatic rings. The van der Waals surface area contributed by atoms with Crippen molar-refractivity contribution in [1.29, 1.82) is 0 Å². The third-order valence-corrected chi connectivity index (χ3v) is 2.12. The van der Waals surface area contributed by atoms with Gasteiger partial charge in [-0.2, -0.15) is 0 Å². The first-order valence-corrected chi connectivity index (χ1v) is 4.55. The second-order valence-corrected chi connectivity index (χ2v) is 3.27. The van der Waals surface area contributed by atoms with Gasteiger partial charge in [0.15, 0.2) is 0 Å². The molecule has 0 radical (unpaired) electrons. The zero-order chi connectivity index (χ0) is 11.4. The second-order valence-electron chi connectivity index (χ2n) is 3.27. The molecule has 0 bridgehead atoms. The summed E-state index contributed by atoms with van der Waals surface area (Å²) in [4.78, 5) is 0. The van der Waals surface area contributed by atoms with Crippen molar-refractivity contribution >= 4 is 0 Å². The van der Waals surface area contributed by atoms with Gasteiger partial charge in [0.05, 0.1) is 6.10 Å². The molecule has 0 fully saturated rings. The number of benzene rings is 1. The summed E-state index contributed by atoms with van der Waals surface area (Å²) in [6.07, 6.45) is -2.41. The monoisotopic (exact) mass is 214 g/mol. The van der Waals surface area contributed by atoms with Crippen LogP contribution in [0.3, 0.4) is 0 Å². The van der Waals surface area contributed by atoms with Crippen molar-refractivity contribution in [2.45, 2.75) is 18.6 Å². The smallest absolute Gasteiger partial charge is 0.125 e. The minimum atomic E-state index is -1.28. The fourth-order valence-electron chi connectivity index (χ4n) is 1.28. The highest BCUT2D eigenvalue weighted by Crippen LogP contribution is 2.30. The van der Waals surface area contributed by atoms with Crippen LogP contribution in [0.1, 0.15) is 18.1 Å². The molecule has 1 aromatic carbocycles. The maximum atomic E-state index is 9.59. The number of hydrogen-bond donors (Lipinski definition) is 5. The Kier molecular flexibility index (Phi) is 3.90. The Labute approximate surface area is 86.9 Å². The highest BCUT2D eigenvalue weighted by Gasteiger charge is 2.20. The summed E-state index contributed by atoms with van der Waals surface area (Å²) in [5, 5.41) is 45.9. The van der Waals surface area contributed by atoms with Gasteiger partial charge in [-0.25, -0.2) is 0 Å². The average Bonchev–Trinajstić information content (AvgIpc) is 2.17. The largest absolute Gasteiger partial charge is 0.508 e. The quantitative estimate of drug-likeness (QED) is 0.481. The summed E-state index contributed by atoms with van der Waals surface area (Å²) < 4.78 is 0. The van der Waals surface area contributed by atoms with Crippen LogP contribution < -0.4 is 0 Å². The van der Waals surface area contributed by atoms with E-state index in [0.717, 1.165) is 6.07 Å². The van der Waals surface area contributed by atoms with E-state index in [4.69, 9.17) is 10.2 Å². The molecule has 5 N–H and O–H groups in total. The normalized spacial score (nSPS) is 14.9. The fourth-order valence-corrected chi connectivity index (χ4v) is 1.28. The molecule has 2 atom stereocenters. The Hall–Kier alpha value is -1.30. The lowest BCUT2D eigenvalue weighted by Crippen LogP contribution is -2.19. The molecule has 0 saturated heterocycles. The molecule has 0 spiro atoms. The van der Waals surface area contributed by atoms with Gasteiger partial charge in [-0.15, -0.1) is 0 Å². The summed E-state index contributed by atoms with van der Waals surface area (Å²) >= 11 is 0. The standard InChI is InChI=1S/C10H14O5/c11-4-3-8(13)10(15)7-2-1-6(12)5-9(7)14/h1-2,5,8,10-15H,3-4H2. The first-order chi connectivity index (χ1) is 7.06. The molecule has 5 nitrogen and oxygen atoms in total. The zero-order valence-corrected chi connectivity index (χ0v) is 8.04. The van der Waals surface area contributed by atoms with Crippen LogP contribution in [0.5, 0.6) is 11.5 Å². The molecular formula is C10H14O5. The zero-order valence-electron chi connectivity index (χ0n) is 8.04. The molecule has 0 amide bonds. The topological polar surface area (TPSA) is 101 Å². The SMILES string of the molecule is OCCC(O)C(O)c1ccc(O)cc1O. The van der Waals surface area contributed by atoms with Gasteiger partial charge >= 0.3 is 0 Å². The van der Waals surface area contributed by atoms with E-state index in [0.29, 0.717) is 0 Å². The first-order valence-electron chi connectivity index (χ1n) is 4.55. The van der Waals surface area contributed by atoms with E-state index >= 15 is 0 Å². The number of aliphatic hydroxyl groups excluding tert-OH is 3. The molecule has 0 heterocycles. The highest BCUT2D eigenvalue weighted by atomic mass is 16.3. The van der Waals surface area contributed by atoms with Gasteiger partial charge in [-0.1, -0.05) is 0 Å². The van der Waals surface area contributed by atoms with Crippen molar-refractivity contribution in [1.82, 2.24) is 0 Å². The number of aliphatic hydroxyl groups is 3. The van der Waals surface area contributed by atoms with E-state index in [1.54, 1.807) is 0 Å². The molecule has 5 heteroatoms. The Bertz CT molecular complexity index is 326. The Morgan fingerprint density at radius 3 is 2.33 bits per heavy atom. The van der Waals surface area contributed by atoms with Gasteiger partial charge in [0, 0.05) is 18.2 Å². The number of rotatable bonds is 4. The van der Waals surface area contributed by atoms with Crippen LogP contribution in [-0.4, -0.2) is 38.2 Å². The lowest BCUT2D eigenvalue weighted by Gasteiger charge is -2.18. The van der Waals surface area contributed by atoms with E-state index in [-0.39, 0.29) is 30.1 Å². The lowest BCUT2D eigenvalue weighted by molar-refractivity contribution is 0.00302. The summed E-state index contributed by atoms with van der Waals surface area (Å²) in [6, 6.07) is 3.68. The van der Waals surface area contributed by atoms with Crippen molar-refractivity contribution < 1.29 is 25.5 Å². The van der Waals surface area contributed by atoms with Crippen LogP contribution in [0.25, 0.3) is 0 Å². The molecule has 1 aromatic rings. The number of aromatic hydroxyl groups is 2. The van der Waals surface area contributed by atoms with Gasteiger partial charge in [-0.3, -0.25) is 0 Å². The molecule has 0 saturated carbocycles. The summed E-state index contributed by atoms with van der Waals surface area (Å²) in [5.41, 5.74) is 0.119. The minimum Gasteiger partial charge on any atom is -0.508 e. The molecule has 15 heavy (non-hydrogen) atoms. The molecule has 0 aliphatic heterocycles. The number of hydrogen-bond acceptors (Lipinski definition) is 5. The summed E-state index contributed by atoms with van der Waals surface area (Å²) in [5.74, 6) is -0.417. The predicted molar refractivity (Wildman–Crippen MR) is 52.4 cm³/mol. The molecule has 0 aromatic heterocycles. The lowest BCUT2D eigenvalue weighted by atomic mass is 10.0. The van der Waals surface area contributed by atoms with Crippen LogP contribution in [0, 0.1) is 0 Å². The fraction of sp³-hybridized carbons (Fsp3) is 0.400. The van der Waals surface area contributed by atoms with Crippen molar-refractivity contribution in [2.75, 3.05) is 6.61 Å². The van der Waals surface area contributed by atoms with Gasteiger partial charge in [0.1, 0.15) is 17.6 Å². The van der Waals surface area contributed by atoms with Crippen molar-refractivity contribution in [3.05, 3.63) is 23.8 Å². The third kappa shape index (κ3) is 2.82. The second kappa shape index (κ2) is 4.97. The molecular weight excluding hydrogens is 200 g/mol. The molecule has 84 valence electrons. The van der Waals surface area contributed by atoms with Crippen LogP contribution in [0.2, 0.25) is 0 Å². The predicted octanol–water partition coefficient (Wildman–Crippen LogP) is -0.126. The third-order valence-electron chi connectivity index (χ3n) is 2.12. The van der Waals surface area contributed by atoms with E-state index in [1.807, 2.05) is 0 Å². The Morgan fingerprint density at radius 2 is 1.80 bits per heavy atom. The molecule has 1 rings (SSSR count). The van der Waals surface area contributed by atoms with Crippen LogP contribution >= 0.6 is 0 Å². The van der Waals surface area contributed by atoms with Crippen molar-refractivity contribution in [3.8, 4) is 11.5 Å². The maximum Gasteiger partial charge on any atom is 0.125 e. The van der Waals surface area contributed by atoms with E-state index in [9.17, 15) is 15.3 Å². The van der Waals surface area contributed by atoms with Gasteiger partial charge < -0.3 is 25.5 Å². The Balaban J connectivity index is 2.86. The van der Waals surface area contributed by atoms with Crippen molar-refractivity contribution in [2.24, 2.45) is 0 Å². The number of phenols is 2. The van der Waals surface area contributed by atoms with E-state index < -0.39 is 12.2 Å². The maximum absolute atomic E-state index is 9.59. The van der Waals surface area contributed by atoms with Gasteiger partial charge in [0.2, 0.25) is 0 Å². The van der Waals surface area contributed by atoms with Crippen LogP contribution in [0.15, 0.2) is 18.2 Å². The minimum absolute atomic E-state index is 0.0154. The van der Waals surface area contributed by atoms with Gasteiger partial charge in [-0.05, 0) is 18.6 Å². The molecule has 0 aliphatic carbocycles. The summed E-state index contributed by atoms with van der Waals surface area (Å²) in [7, 11) is 0.